The lowest BCUT2D eigenvalue weighted by atomic mass is 10.1. The van der Waals surface area contributed by atoms with Crippen molar-refractivity contribution >= 4 is 0 Å². The highest BCUT2D eigenvalue weighted by Gasteiger charge is 1.92. The molecule has 0 bridgehead atoms. The van der Waals surface area contributed by atoms with Gasteiger partial charge in [-0.2, -0.15) is 6.42 Å². The van der Waals surface area contributed by atoms with Crippen LogP contribution in [-0.4, -0.2) is 11.2 Å². The van der Waals surface area contributed by atoms with Gasteiger partial charge in [-0.3, -0.25) is 0 Å². The number of rotatable bonds is 12. The third-order valence-corrected chi connectivity index (χ3v) is 2.97. The fraction of sp³-hybridized carbons (Fsp3) is 0.611. The lowest BCUT2D eigenvalue weighted by Crippen LogP contribution is -1.98. The maximum Gasteiger partial charge on any atom is 0.0758 e. The van der Waals surface area contributed by atoms with Gasteiger partial charge >= 0.3 is 0 Å². The van der Waals surface area contributed by atoms with Crippen molar-refractivity contribution < 1.29 is 5.11 Å². The molecule has 110 valence electrons. The van der Waals surface area contributed by atoms with Gasteiger partial charge in [0.1, 0.15) is 0 Å². The van der Waals surface area contributed by atoms with Gasteiger partial charge in [-0.1, -0.05) is 69.1 Å². The third kappa shape index (κ3) is 15.1. The van der Waals surface area contributed by atoms with Crippen LogP contribution in [0.3, 0.4) is 0 Å². The van der Waals surface area contributed by atoms with Crippen LogP contribution in [0.4, 0.5) is 0 Å². The summed E-state index contributed by atoms with van der Waals surface area (Å²) in [5.41, 5.74) is 0. The van der Waals surface area contributed by atoms with Crippen LogP contribution >= 0.6 is 0 Å². The summed E-state index contributed by atoms with van der Waals surface area (Å²) < 4.78 is 0. The Morgan fingerprint density at radius 2 is 1.68 bits per heavy atom. The monoisotopic (exact) mass is 263 g/mol. The Morgan fingerprint density at radius 3 is 2.42 bits per heavy atom. The molecule has 0 aromatic heterocycles. The first kappa shape index (κ1) is 18.2. The third-order valence-electron chi connectivity index (χ3n) is 2.97. The van der Waals surface area contributed by atoms with Crippen LogP contribution in [0.2, 0.25) is 0 Å². The van der Waals surface area contributed by atoms with E-state index in [-0.39, 0.29) is 6.10 Å². The minimum Gasteiger partial charge on any atom is -0.389 e. The van der Waals surface area contributed by atoms with E-state index in [0.29, 0.717) is 6.42 Å². The normalized spacial score (nSPS) is 14.1. The van der Waals surface area contributed by atoms with Gasteiger partial charge in [0.05, 0.1) is 6.10 Å². The Hall–Kier alpha value is -0.820. The number of hydrogen-bond acceptors (Lipinski definition) is 1. The van der Waals surface area contributed by atoms with Crippen molar-refractivity contribution in [3.05, 3.63) is 43.4 Å². The van der Waals surface area contributed by atoms with Gasteiger partial charge in [0, 0.05) is 0 Å². The summed E-state index contributed by atoms with van der Waals surface area (Å²) in [6, 6.07) is 0. The fourth-order valence-corrected chi connectivity index (χ4v) is 1.75. The highest BCUT2D eigenvalue weighted by molar-refractivity contribution is 5.05. The Kier molecular flexibility index (Phi) is 14.6. The van der Waals surface area contributed by atoms with Gasteiger partial charge in [0.2, 0.25) is 0 Å². The quantitative estimate of drug-likeness (QED) is 0.217. The van der Waals surface area contributed by atoms with E-state index in [2.05, 4.69) is 32.1 Å². The largest absolute Gasteiger partial charge is 0.389 e. The Balaban J connectivity index is 3.53. The molecule has 0 saturated carbocycles. The molecule has 0 heterocycles. The minimum atomic E-state index is -0.357. The van der Waals surface area contributed by atoms with Crippen molar-refractivity contribution in [2.24, 2.45) is 0 Å². The van der Waals surface area contributed by atoms with Gasteiger partial charge in [-0.05, 0) is 25.7 Å². The van der Waals surface area contributed by atoms with E-state index in [1.54, 1.807) is 0 Å². The first-order valence-electron chi connectivity index (χ1n) is 7.76. The molecule has 0 radical (unpaired) electrons. The second kappa shape index (κ2) is 15.2. The van der Waals surface area contributed by atoms with Crippen LogP contribution < -0.4 is 0 Å². The summed E-state index contributed by atoms with van der Waals surface area (Å²) >= 11 is 0. The molecule has 0 aliphatic rings. The molecule has 1 unspecified atom stereocenters. The topological polar surface area (TPSA) is 20.2 Å². The zero-order chi connectivity index (χ0) is 14.2. The zero-order valence-corrected chi connectivity index (χ0v) is 12.6. The highest BCUT2D eigenvalue weighted by atomic mass is 16.3. The summed E-state index contributed by atoms with van der Waals surface area (Å²) in [5, 5.41) is 9.71. The molecule has 0 rings (SSSR count). The molecule has 1 heteroatoms. The smallest absolute Gasteiger partial charge is 0.0758 e. The van der Waals surface area contributed by atoms with Crippen molar-refractivity contribution in [2.45, 2.75) is 70.8 Å². The van der Waals surface area contributed by atoms with E-state index < -0.39 is 0 Å². The number of unbranched alkanes of at least 4 members (excludes halogenated alkanes) is 6. The van der Waals surface area contributed by atoms with Crippen LogP contribution in [-0.2, 0) is 0 Å². The Morgan fingerprint density at radius 1 is 0.947 bits per heavy atom. The first-order valence-corrected chi connectivity index (χ1v) is 7.76. The van der Waals surface area contributed by atoms with Crippen molar-refractivity contribution in [3.63, 3.8) is 0 Å². The number of aliphatic hydroxyl groups excluding tert-OH is 1. The molecule has 0 amide bonds. The van der Waals surface area contributed by atoms with Gasteiger partial charge in [0.15, 0.2) is 0 Å². The molecule has 0 aliphatic heterocycles. The van der Waals surface area contributed by atoms with E-state index >= 15 is 0 Å². The SMILES string of the molecule is [CH2-]CCCC/C=C\CC(O)/C=C/C=C\CCCCC. The molecular weight excluding hydrogens is 232 g/mol. The molecule has 1 N–H and O–H groups in total. The molecule has 0 aliphatic carbocycles. The predicted octanol–water partition coefficient (Wildman–Crippen LogP) is 5.38. The molecular formula is C18H31O-. The maximum atomic E-state index is 9.71. The molecule has 0 fully saturated rings. The van der Waals surface area contributed by atoms with Gasteiger partial charge < -0.3 is 12.0 Å². The molecule has 19 heavy (non-hydrogen) atoms. The Labute approximate surface area is 120 Å². The molecule has 0 aromatic carbocycles. The second-order valence-electron chi connectivity index (χ2n) is 4.93. The van der Waals surface area contributed by atoms with Gasteiger partial charge in [0.25, 0.3) is 0 Å². The fourth-order valence-electron chi connectivity index (χ4n) is 1.75. The summed E-state index contributed by atoms with van der Waals surface area (Å²) in [6.45, 7) is 6.03. The second-order valence-corrected chi connectivity index (χ2v) is 4.93. The number of aliphatic hydroxyl groups is 1. The van der Waals surface area contributed by atoms with E-state index in [9.17, 15) is 5.11 Å². The number of hydrogen-bond donors (Lipinski definition) is 1. The van der Waals surface area contributed by atoms with E-state index in [1.807, 2.05) is 18.2 Å². The van der Waals surface area contributed by atoms with Gasteiger partial charge in [-0.15, -0.1) is 0 Å². The average Bonchev–Trinajstić information content (AvgIpc) is 2.41. The van der Waals surface area contributed by atoms with Crippen LogP contribution in [0.1, 0.15) is 64.7 Å². The number of allylic oxidation sites excluding steroid dienone is 4. The van der Waals surface area contributed by atoms with Crippen molar-refractivity contribution in [3.8, 4) is 0 Å². The van der Waals surface area contributed by atoms with Crippen LogP contribution in [0.25, 0.3) is 0 Å². The molecule has 0 saturated heterocycles. The molecule has 1 nitrogen and oxygen atoms in total. The molecule has 1 atom stereocenters. The first-order chi connectivity index (χ1) is 9.31. The van der Waals surface area contributed by atoms with E-state index in [0.717, 1.165) is 19.3 Å². The van der Waals surface area contributed by atoms with Crippen LogP contribution in [0.15, 0.2) is 36.5 Å². The lowest BCUT2D eigenvalue weighted by molar-refractivity contribution is 0.227. The van der Waals surface area contributed by atoms with Crippen LogP contribution in [0, 0.1) is 6.92 Å². The minimum absolute atomic E-state index is 0.357. The predicted molar refractivity (Wildman–Crippen MR) is 86.0 cm³/mol. The Bertz CT molecular complexity index is 250. The van der Waals surface area contributed by atoms with Gasteiger partial charge in [-0.25, -0.2) is 0 Å². The maximum absolute atomic E-state index is 9.71. The van der Waals surface area contributed by atoms with Crippen molar-refractivity contribution in [1.29, 1.82) is 0 Å². The summed E-state index contributed by atoms with van der Waals surface area (Å²) in [4.78, 5) is 0. The standard InChI is InChI=1S/C18H31O/c1-3-5-7-9-11-13-15-17-18(19)16-14-12-10-8-6-4-2/h11-15,17-19H,2-10,16H2,1H3/q-1/b13-11-,14-12-,17-15+. The zero-order valence-electron chi connectivity index (χ0n) is 12.6. The average molecular weight is 263 g/mol. The lowest BCUT2D eigenvalue weighted by Gasteiger charge is -2.00. The summed E-state index contributed by atoms with van der Waals surface area (Å²) in [5.74, 6) is 0. The molecule has 0 spiro atoms. The van der Waals surface area contributed by atoms with E-state index in [1.165, 1.54) is 32.1 Å². The summed E-state index contributed by atoms with van der Waals surface area (Å²) in [6.07, 6.45) is 22.1. The molecule has 0 aromatic rings. The van der Waals surface area contributed by atoms with Crippen molar-refractivity contribution in [1.82, 2.24) is 0 Å². The van der Waals surface area contributed by atoms with E-state index in [4.69, 9.17) is 0 Å². The van der Waals surface area contributed by atoms with Crippen LogP contribution in [0.5, 0.6) is 0 Å². The highest BCUT2D eigenvalue weighted by Crippen LogP contribution is 2.03. The van der Waals surface area contributed by atoms with Crippen molar-refractivity contribution in [2.75, 3.05) is 0 Å². The summed E-state index contributed by atoms with van der Waals surface area (Å²) in [7, 11) is 0.